The lowest BCUT2D eigenvalue weighted by atomic mass is 10.0. The predicted octanol–water partition coefficient (Wildman–Crippen LogP) is 6.58. The molecule has 0 saturated heterocycles. The second-order valence-corrected chi connectivity index (χ2v) is 6.67. The van der Waals surface area contributed by atoms with Gasteiger partial charge in [0.15, 0.2) is 6.07 Å². The Balaban J connectivity index is 3.01. The Labute approximate surface area is 144 Å². The molecule has 0 aliphatic heterocycles. The molecule has 0 atom stereocenters. The van der Waals surface area contributed by atoms with E-state index in [-0.39, 0.29) is 12.0 Å². The molecule has 0 bridgehead atoms. The lowest BCUT2D eigenvalue weighted by Gasteiger charge is -2.03. The summed E-state index contributed by atoms with van der Waals surface area (Å²) >= 11 is 8.79. The zero-order valence-corrected chi connectivity index (χ0v) is 15.7. The Kier molecular flexibility index (Phi) is 18.5. The maximum Gasteiger partial charge on any atom is 0.306 e. The van der Waals surface area contributed by atoms with Gasteiger partial charge in [-0.15, -0.1) is 0 Å². The van der Waals surface area contributed by atoms with Gasteiger partial charge in [0.25, 0.3) is 0 Å². The quantitative estimate of drug-likeness (QED) is 0.171. The van der Waals surface area contributed by atoms with Gasteiger partial charge in [0.05, 0.1) is 0 Å². The zero-order chi connectivity index (χ0) is 15.6. The predicted molar refractivity (Wildman–Crippen MR) is 95.2 cm³/mol. The number of carbonyl (C=O) groups is 1. The summed E-state index contributed by atoms with van der Waals surface area (Å²) in [4.78, 5) is 11.1. The van der Waals surface area contributed by atoms with Crippen LogP contribution in [-0.2, 0) is 9.53 Å². The van der Waals surface area contributed by atoms with Crippen molar-refractivity contribution in [3.05, 3.63) is 0 Å². The van der Waals surface area contributed by atoms with E-state index >= 15 is 0 Å². The molecule has 126 valence electrons. The first-order valence-electron chi connectivity index (χ1n) is 8.58. The molecule has 0 radical (unpaired) electrons. The zero-order valence-electron chi connectivity index (χ0n) is 13.4. The minimum absolute atomic E-state index is 0.0185. The van der Waals surface area contributed by atoms with E-state index < -0.39 is 0 Å². The van der Waals surface area contributed by atoms with E-state index in [1.165, 1.54) is 70.6 Å². The molecule has 2 nitrogen and oxygen atoms in total. The van der Waals surface area contributed by atoms with Crippen LogP contribution in [0, 0.1) is 0 Å². The van der Waals surface area contributed by atoms with E-state index in [1.54, 1.807) is 0 Å². The average Bonchev–Trinajstić information content (AvgIpc) is 2.48. The number of unbranched alkanes of at least 4 members (excludes halogenated alkanes) is 12. The van der Waals surface area contributed by atoms with Crippen LogP contribution in [0.4, 0.5) is 0 Å². The molecule has 4 heteroatoms. The van der Waals surface area contributed by atoms with Crippen molar-refractivity contribution < 1.29 is 9.53 Å². The molecule has 0 aromatic heterocycles. The van der Waals surface area contributed by atoms with E-state index in [1.807, 2.05) is 0 Å². The highest BCUT2D eigenvalue weighted by Gasteiger charge is 2.00. The fourth-order valence-electron chi connectivity index (χ4n) is 2.44. The van der Waals surface area contributed by atoms with Crippen molar-refractivity contribution in [2.75, 3.05) is 11.4 Å². The first kappa shape index (κ1) is 21.2. The van der Waals surface area contributed by atoms with Gasteiger partial charge in [-0.2, -0.15) is 0 Å². The molecule has 0 aliphatic rings. The second-order valence-electron chi connectivity index (χ2n) is 5.66. The molecule has 0 aromatic carbocycles. The maximum absolute atomic E-state index is 11.1. The molecule has 21 heavy (non-hydrogen) atoms. The topological polar surface area (TPSA) is 26.3 Å². The van der Waals surface area contributed by atoms with Crippen LogP contribution < -0.4 is 0 Å². The van der Waals surface area contributed by atoms with Gasteiger partial charge in [0.2, 0.25) is 0 Å². The lowest BCUT2D eigenvalue weighted by Crippen LogP contribution is -2.01. The van der Waals surface area contributed by atoms with Crippen LogP contribution in [0.1, 0.15) is 89.9 Å². The first-order valence-corrected chi connectivity index (χ1v) is 10.2. The fraction of sp³-hybridized carbons (Fsp3) is 0.941. The van der Waals surface area contributed by atoms with Crippen molar-refractivity contribution >= 4 is 33.5 Å². The molecule has 0 heterocycles. The molecular weight excluding hydrogens is 352 g/mol. The third kappa shape index (κ3) is 18.2. The van der Waals surface area contributed by atoms with Gasteiger partial charge >= 0.3 is 5.97 Å². The summed E-state index contributed by atoms with van der Waals surface area (Å²) in [6.45, 7) is 0. The number of hydrogen-bond donors (Lipinski definition) is 0. The average molecular weight is 384 g/mol. The summed E-state index contributed by atoms with van der Waals surface area (Å²) in [6.07, 6.45) is 17.5. The molecular formula is C17H32BrClO2. The number of halogens is 2. The van der Waals surface area contributed by atoms with Gasteiger partial charge in [0.1, 0.15) is 0 Å². The molecule has 0 aromatic rings. The Morgan fingerprint density at radius 1 is 0.714 bits per heavy atom. The van der Waals surface area contributed by atoms with Crippen LogP contribution in [0.25, 0.3) is 0 Å². The lowest BCUT2D eigenvalue weighted by molar-refractivity contribution is -0.141. The van der Waals surface area contributed by atoms with E-state index in [0.717, 1.165) is 18.2 Å². The Bertz CT molecular complexity index is 225. The standard InChI is InChI=1S/C17H32BrClO2/c18-15-13-11-9-7-5-3-1-2-4-6-8-10-12-14-17(20)21-16-19/h1-16H2. The van der Waals surface area contributed by atoms with Gasteiger partial charge in [-0.05, 0) is 12.8 Å². The van der Waals surface area contributed by atoms with E-state index in [9.17, 15) is 4.79 Å². The fourth-order valence-corrected chi connectivity index (χ4v) is 2.96. The van der Waals surface area contributed by atoms with E-state index in [2.05, 4.69) is 20.7 Å². The third-order valence-corrected chi connectivity index (χ3v) is 4.40. The van der Waals surface area contributed by atoms with Crippen molar-refractivity contribution in [2.24, 2.45) is 0 Å². The van der Waals surface area contributed by atoms with E-state index in [4.69, 9.17) is 11.6 Å². The van der Waals surface area contributed by atoms with Gasteiger partial charge in [-0.3, -0.25) is 4.79 Å². The van der Waals surface area contributed by atoms with Crippen LogP contribution in [0.3, 0.4) is 0 Å². The molecule has 0 rings (SSSR count). The summed E-state index contributed by atoms with van der Waals surface area (Å²) in [7, 11) is 0. The summed E-state index contributed by atoms with van der Waals surface area (Å²) in [6, 6.07) is -0.0185. The van der Waals surface area contributed by atoms with Gasteiger partial charge in [-0.25, -0.2) is 0 Å². The molecule has 0 amide bonds. The molecule has 0 fully saturated rings. The SMILES string of the molecule is O=C(CCCCCCCCCCCCCCCBr)OCCl. The first-order chi connectivity index (χ1) is 10.3. The van der Waals surface area contributed by atoms with Gasteiger partial charge < -0.3 is 4.74 Å². The van der Waals surface area contributed by atoms with Gasteiger partial charge in [-0.1, -0.05) is 98.2 Å². The second kappa shape index (κ2) is 18.3. The Morgan fingerprint density at radius 2 is 1.10 bits per heavy atom. The minimum Gasteiger partial charge on any atom is -0.449 e. The summed E-state index contributed by atoms with van der Waals surface area (Å²) in [5, 5.41) is 1.15. The molecule has 0 N–H and O–H groups in total. The number of hydrogen-bond acceptors (Lipinski definition) is 2. The Morgan fingerprint density at radius 3 is 1.48 bits per heavy atom. The van der Waals surface area contributed by atoms with Crippen molar-refractivity contribution in [2.45, 2.75) is 89.9 Å². The highest BCUT2D eigenvalue weighted by atomic mass is 79.9. The molecule has 0 spiro atoms. The molecule has 0 aliphatic carbocycles. The molecule has 0 saturated carbocycles. The van der Waals surface area contributed by atoms with Crippen molar-refractivity contribution in [1.82, 2.24) is 0 Å². The monoisotopic (exact) mass is 382 g/mol. The highest BCUT2D eigenvalue weighted by molar-refractivity contribution is 9.09. The number of carbonyl (C=O) groups excluding carboxylic acids is 1. The largest absolute Gasteiger partial charge is 0.449 e. The number of esters is 1. The summed E-state index contributed by atoms with van der Waals surface area (Å²) < 4.78 is 4.68. The van der Waals surface area contributed by atoms with E-state index in [0.29, 0.717) is 6.42 Å². The number of ether oxygens (including phenoxy) is 1. The smallest absolute Gasteiger partial charge is 0.306 e. The Hall–Kier alpha value is 0.240. The highest BCUT2D eigenvalue weighted by Crippen LogP contribution is 2.13. The van der Waals surface area contributed by atoms with Crippen LogP contribution in [0.5, 0.6) is 0 Å². The van der Waals surface area contributed by atoms with Crippen molar-refractivity contribution in [1.29, 1.82) is 0 Å². The van der Waals surface area contributed by atoms with Gasteiger partial charge in [0, 0.05) is 11.8 Å². The number of alkyl halides is 2. The summed E-state index contributed by atoms with van der Waals surface area (Å²) in [5.74, 6) is -0.166. The maximum atomic E-state index is 11.1. The number of rotatable bonds is 16. The van der Waals surface area contributed by atoms with Crippen LogP contribution in [0.15, 0.2) is 0 Å². The van der Waals surface area contributed by atoms with Crippen molar-refractivity contribution in [3.8, 4) is 0 Å². The van der Waals surface area contributed by atoms with Crippen molar-refractivity contribution in [3.63, 3.8) is 0 Å². The van der Waals surface area contributed by atoms with Crippen LogP contribution in [0.2, 0.25) is 0 Å². The van der Waals surface area contributed by atoms with Crippen LogP contribution >= 0.6 is 27.5 Å². The third-order valence-electron chi connectivity index (χ3n) is 3.73. The normalized spacial score (nSPS) is 10.8. The minimum atomic E-state index is -0.166. The molecule has 0 unspecified atom stereocenters. The van der Waals surface area contributed by atoms with Crippen LogP contribution in [-0.4, -0.2) is 17.4 Å². The summed E-state index contributed by atoms with van der Waals surface area (Å²) in [5.41, 5.74) is 0.